The van der Waals surface area contributed by atoms with Gasteiger partial charge in [-0.25, -0.2) is 0 Å². The van der Waals surface area contributed by atoms with E-state index in [0.29, 0.717) is 5.56 Å². The molecule has 6 heteroatoms. The second-order valence-corrected chi connectivity index (χ2v) is 3.87. The van der Waals surface area contributed by atoms with Crippen LogP contribution in [-0.4, -0.2) is 5.91 Å². The van der Waals surface area contributed by atoms with Crippen molar-refractivity contribution >= 4 is 11.6 Å². The molecule has 0 radical (unpaired) electrons. The highest BCUT2D eigenvalue weighted by molar-refractivity contribution is 5.94. The summed E-state index contributed by atoms with van der Waals surface area (Å²) in [5, 5.41) is 10.9. The number of benzene rings is 1. The number of carbonyl (C=O) groups excluding carboxylic acids is 1. The number of nitrogens with one attached hydrogen (secondary N) is 1. The average molecular weight is 256 g/mol. The molecular formula is C12H11F3N2O. The number of nitriles is 1. The quantitative estimate of drug-likeness (QED) is 0.883. The number of rotatable bonds is 2. The van der Waals surface area contributed by atoms with E-state index < -0.39 is 23.6 Å². The molecule has 0 aliphatic heterocycles. The number of carbonyl (C=O) groups is 1. The van der Waals surface area contributed by atoms with Crippen LogP contribution in [0.15, 0.2) is 18.2 Å². The van der Waals surface area contributed by atoms with Gasteiger partial charge in [-0.2, -0.15) is 18.4 Å². The van der Waals surface area contributed by atoms with Gasteiger partial charge in [-0.15, -0.1) is 0 Å². The van der Waals surface area contributed by atoms with E-state index in [-0.39, 0.29) is 5.69 Å². The zero-order chi connectivity index (χ0) is 13.9. The van der Waals surface area contributed by atoms with E-state index >= 15 is 0 Å². The fourth-order valence-electron chi connectivity index (χ4n) is 1.23. The second-order valence-electron chi connectivity index (χ2n) is 3.87. The summed E-state index contributed by atoms with van der Waals surface area (Å²) >= 11 is 0. The Morgan fingerprint density at radius 3 is 2.56 bits per heavy atom. The minimum absolute atomic E-state index is 0.0666. The van der Waals surface area contributed by atoms with Gasteiger partial charge < -0.3 is 5.32 Å². The van der Waals surface area contributed by atoms with Gasteiger partial charge >= 0.3 is 6.18 Å². The summed E-state index contributed by atoms with van der Waals surface area (Å²) in [7, 11) is 0. The Bertz CT molecular complexity index is 503. The molecule has 0 fully saturated rings. The topological polar surface area (TPSA) is 52.9 Å². The van der Waals surface area contributed by atoms with Gasteiger partial charge in [0.1, 0.15) is 5.92 Å². The van der Waals surface area contributed by atoms with E-state index in [9.17, 15) is 18.0 Å². The van der Waals surface area contributed by atoms with Gasteiger partial charge in [0.25, 0.3) is 0 Å². The predicted molar refractivity (Wildman–Crippen MR) is 59.6 cm³/mol. The molecule has 0 aromatic heterocycles. The molecule has 18 heavy (non-hydrogen) atoms. The van der Waals surface area contributed by atoms with Crippen LogP contribution < -0.4 is 5.32 Å². The van der Waals surface area contributed by atoms with Crippen molar-refractivity contribution in [2.24, 2.45) is 5.92 Å². The lowest BCUT2D eigenvalue weighted by molar-refractivity contribution is -0.137. The van der Waals surface area contributed by atoms with Gasteiger partial charge in [-0.05, 0) is 31.5 Å². The van der Waals surface area contributed by atoms with Crippen molar-refractivity contribution in [2.45, 2.75) is 20.0 Å². The standard InChI is InChI=1S/C12H11F3N2O/c1-7-3-4-9(12(13,14)15)5-10(7)17-11(18)8(2)6-16/h3-5,8H,1-2H3,(H,17,18). The van der Waals surface area contributed by atoms with Gasteiger partial charge in [-0.3, -0.25) is 4.79 Å². The third kappa shape index (κ3) is 3.23. The van der Waals surface area contributed by atoms with E-state index in [1.165, 1.54) is 13.0 Å². The third-order valence-electron chi connectivity index (χ3n) is 2.41. The normalized spacial score (nSPS) is 12.7. The zero-order valence-corrected chi connectivity index (χ0v) is 9.80. The summed E-state index contributed by atoms with van der Waals surface area (Å²) in [6.45, 7) is 2.95. The van der Waals surface area contributed by atoms with Crippen LogP contribution in [0.4, 0.5) is 18.9 Å². The van der Waals surface area contributed by atoms with Gasteiger partial charge in [-0.1, -0.05) is 6.07 Å². The number of amides is 1. The SMILES string of the molecule is Cc1ccc(C(F)(F)F)cc1NC(=O)C(C)C#N. The van der Waals surface area contributed by atoms with Gasteiger partial charge in [0.15, 0.2) is 0 Å². The first kappa shape index (κ1) is 14.0. The minimum atomic E-state index is -4.46. The van der Waals surface area contributed by atoms with Gasteiger partial charge in [0.2, 0.25) is 5.91 Å². The van der Waals surface area contributed by atoms with Gasteiger partial charge in [0, 0.05) is 5.69 Å². The summed E-state index contributed by atoms with van der Waals surface area (Å²) in [6.07, 6.45) is -4.46. The maximum Gasteiger partial charge on any atom is 0.416 e. The summed E-state index contributed by atoms with van der Waals surface area (Å²) < 4.78 is 37.5. The highest BCUT2D eigenvalue weighted by atomic mass is 19.4. The van der Waals surface area contributed by atoms with Crippen LogP contribution in [0.25, 0.3) is 0 Å². The molecule has 1 amide bonds. The summed E-state index contributed by atoms with van der Waals surface area (Å²) in [4.78, 5) is 11.4. The fourth-order valence-corrected chi connectivity index (χ4v) is 1.23. The molecule has 1 N–H and O–H groups in total. The monoisotopic (exact) mass is 256 g/mol. The summed E-state index contributed by atoms with van der Waals surface area (Å²) in [5.41, 5.74) is -0.272. The van der Waals surface area contributed by atoms with Crippen molar-refractivity contribution in [3.05, 3.63) is 29.3 Å². The van der Waals surface area contributed by atoms with Crippen LogP contribution in [0.2, 0.25) is 0 Å². The third-order valence-corrected chi connectivity index (χ3v) is 2.41. The molecule has 3 nitrogen and oxygen atoms in total. The van der Waals surface area contributed by atoms with Crippen LogP contribution in [-0.2, 0) is 11.0 Å². The lowest BCUT2D eigenvalue weighted by Gasteiger charge is -2.13. The maximum absolute atomic E-state index is 12.5. The van der Waals surface area contributed by atoms with Crippen LogP contribution in [0.3, 0.4) is 0 Å². The van der Waals surface area contributed by atoms with Crippen LogP contribution in [0.1, 0.15) is 18.1 Å². The Balaban J connectivity index is 3.03. The molecule has 1 rings (SSSR count). The number of nitrogens with zero attached hydrogens (tertiary/aromatic N) is 1. The Labute approximate surface area is 102 Å². The molecular weight excluding hydrogens is 245 g/mol. The van der Waals surface area contributed by atoms with Crippen molar-refractivity contribution in [3.63, 3.8) is 0 Å². The number of alkyl halides is 3. The Morgan fingerprint density at radius 2 is 2.06 bits per heavy atom. The molecule has 0 spiro atoms. The van der Waals surface area contributed by atoms with Crippen molar-refractivity contribution in [1.29, 1.82) is 5.26 Å². The minimum Gasteiger partial charge on any atom is -0.325 e. The lowest BCUT2D eigenvalue weighted by atomic mass is 10.1. The Hall–Kier alpha value is -2.03. The molecule has 0 aliphatic rings. The predicted octanol–water partition coefficient (Wildman–Crippen LogP) is 3.11. The summed E-state index contributed by atoms with van der Waals surface area (Å²) in [6, 6.07) is 4.79. The van der Waals surface area contributed by atoms with Crippen molar-refractivity contribution in [1.82, 2.24) is 0 Å². The lowest BCUT2D eigenvalue weighted by Crippen LogP contribution is -2.20. The molecule has 0 aliphatic carbocycles. The smallest absolute Gasteiger partial charge is 0.325 e. The number of hydrogen-bond acceptors (Lipinski definition) is 2. The Morgan fingerprint density at radius 1 is 1.44 bits per heavy atom. The Kier molecular flexibility index (Phi) is 3.96. The van der Waals surface area contributed by atoms with Crippen molar-refractivity contribution in [3.8, 4) is 6.07 Å². The highest BCUT2D eigenvalue weighted by Crippen LogP contribution is 2.32. The molecule has 0 saturated carbocycles. The zero-order valence-electron chi connectivity index (χ0n) is 9.80. The van der Waals surface area contributed by atoms with E-state index in [2.05, 4.69) is 5.32 Å². The van der Waals surface area contributed by atoms with Crippen LogP contribution in [0, 0.1) is 24.2 Å². The average Bonchev–Trinajstić information content (AvgIpc) is 2.29. The van der Waals surface area contributed by atoms with E-state index in [1.807, 2.05) is 0 Å². The van der Waals surface area contributed by atoms with Crippen molar-refractivity contribution < 1.29 is 18.0 Å². The van der Waals surface area contributed by atoms with Crippen LogP contribution in [0.5, 0.6) is 0 Å². The van der Waals surface area contributed by atoms with E-state index in [1.54, 1.807) is 13.0 Å². The highest BCUT2D eigenvalue weighted by Gasteiger charge is 2.31. The largest absolute Gasteiger partial charge is 0.416 e. The number of hydrogen-bond donors (Lipinski definition) is 1. The number of anilines is 1. The van der Waals surface area contributed by atoms with Crippen molar-refractivity contribution in [2.75, 3.05) is 5.32 Å². The first-order valence-corrected chi connectivity index (χ1v) is 5.14. The van der Waals surface area contributed by atoms with E-state index in [0.717, 1.165) is 12.1 Å². The molecule has 0 bridgehead atoms. The first-order chi connectivity index (χ1) is 8.25. The maximum atomic E-state index is 12.5. The molecule has 1 aromatic rings. The fraction of sp³-hybridized carbons (Fsp3) is 0.333. The molecule has 1 aromatic carbocycles. The molecule has 1 unspecified atom stereocenters. The van der Waals surface area contributed by atoms with E-state index in [4.69, 9.17) is 5.26 Å². The number of aryl methyl sites for hydroxylation is 1. The number of halogens is 3. The molecule has 1 atom stereocenters. The second kappa shape index (κ2) is 5.08. The molecule has 0 heterocycles. The first-order valence-electron chi connectivity index (χ1n) is 5.14. The summed E-state index contributed by atoms with van der Waals surface area (Å²) in [5.74, 6) is -1.54. The molecule has 0 saturated heterocycles. The molecule has 96 valence electrons. The van der Waals surface area contributed by atoms with Gasteiger partial charge in [0.05, 0.1) is 11.6 Å². The van der Waals surface area contributed by atoms with Crippen LogP contribution >= 0.6 is 0 Å².